The quantitative estimate of drug-likeness (QED) is 0.603. The molecule has 0 unspecified atom stereocenters. The van der Waals surface area contributed by atoms with Gasteiger partial charge in [-0.15, -0.1) is 0 Å². The van der Waals surface area contributed by atoms with Crippen LogP contribution in [0.2, 0.25) is 0 Å². The number of methoxy groups -OCH3 is 1. The topological polar surface area (TPSA) is 140 Å². The number of nitrogens with one attached hydrogen (secondary N) is 2. The van der Waals surface area contributed by atoms with Crippen molar-refractivity contribution in [2.75, 3.05) is 12.4 Å². The number of carboxylic acids is 1. The number of nitrogens with zero attached hydrogens (tertiary/aromatic N) is 2. The van der Waals surface area contributed by atoms with Crippen molar-refractivity contribution < 1.29 is 27.9 Å². The number of hydrogen-bond donors (Lipinski definition) is 3. The highest BCUT2D eigenvalue weighted by atomic mass is 32.2. The Morgan fingerprint density at radius 2 is 2.00 bits per heavy atom. The van der Waals surface area contributed by atoms with E-state index in [9.17, 15) is 18.0 Å². The molecule has 0 aliphatic rings. The van der Waals surface area contributed by atoms with Crippen molar-refractivity contribution in [3.63, 3.8) is 0 Å². The van der Waals surface area contributed by atoms with E-state index < -0.39 is 21.9 Å². The summed E-state index contributed by atoms with van der Waals surface area (Å²) < 4.78 is 33.6. The summed E-state index contributed by atoms with van der Waals surface area (Å²) in [4.78, 5) is 22.9. The maximum Gasteiger partial charge on any atom is 0.325 e. The molecule has 10 nitrogen and oxygen atoms in total. The molecule has 2 aromatic rings. The first-order chi connectivity index (χ1) is 12.6. The van der Waals surface area contributed by atoms with E-state index >= 15 is 0 Å². The Balaban J connectivity index is 2.28. The maximum atomic E-state index is 12.5. The van der Waals surface area contributed by atoms with Crippen LogP contribution in [0.15, 0.2) is 35.4 Å². The molecule has 0 saturated heterocycles. The predicted octanol–water partition coefficient (Wildman–Crippen LogP) is 0.915. The molecule has 1 aromatic heterocycles. The lowest BCUT2D eigenvalue weighted by Crippen LogP contribution is -2.30. The molecule has 0 saturated carbocycles. The molecular weight excluding hydrogens is 376 g/mol. The molecule has 0 bridgehead atoms. The molecule has 1 amide bonds. The van der Waals surface area contributed by atoms with Crippen LogP contribution in [-0.2, 0) is 21.4 Å². The summed E-state index contributed by atoms with van der Waals surface area (Å²) in [6.45, 7) is 3.00. The molecule has 146 valence electrons. The van der Waals surface area contributed by atoms with Crippen molar-refractivity contribution in [1.29, 1.82) is 0 Å². The Kier molecular flexibility index (Phi) is 6.18. The number of aromatic nitrogens is 2. The molecule has 3 N–H and O–H groups in total. The third-order valence-electron chi connectivity index (χ3n) is 3.29. The molecule has 0 fully saturated rings. The van der Waals surface area contributed by atoms with E-state index in [1.165, 1.54) is 37.6 Å². The first-order valence-electron chi connectivity index (χ1n) is 7.89. The van der Waals surface area contributed by atoms with Gasteiger partial charge in [0.2, 0.25) is 10.0 Å². The number of carboxylic acid groups (broad SMARTS) is 1. The van der Waals surface area contributed by atoms with Crippen molar-refractivity contribution in [1.82, 2.24) is 14.5 Å². The average molecular weight is 396 g/mol. The van der Waals surface area contributed by atoms with E-state index in [1.807, 2.05) is 0 Å². The first kappa shape index (κ1) is 20.4. The first-order valence-corrected chi connectivity index (χ1v) is 9.37. The van der Waals surface area contributed by atoms with Crippen molar-refractivity contribution >= 4 is 27.7 Å². The monoisotopic (exact) mass is 396 g/mol. The highest BCUT2D eigenvalue weighted by molar-refractivity contribution is 7.89. The molecule has 0 radical (unpaired) electrons. The van der Waals surface area contributed by atoms with Crippen molar-refractivity contribution in [3.8, 4) is 5.75 Å². The average Bonchev–Trinajstić information content (AvgIpc) is 2.99. The van der Waals surface area contributed by atoms with Crippen molar-refractivity contribution in [2.45, 2.75) is 31.3 Å². The van der Waals surface area contributed by atoms with Gasteiger partial charge in [-0.3, -0.25) is 14.3 Å². The minimum absolute atomic E-state index is 0.0766. The standard InChI is InChI=1S/C16H20N4O6S/c1-10(2)19-27(24,25)13-8-11(4-5-12(13)26-3)16(23)17-14-6-7-20(18-14)9-15(21)22/h4-8,10,19H,9H2,1-3H3,(H,21,22)(H,17,18,23). The number of hydrogen-bond acceptors (Lipinski definition) is 6. The summed E-state index contributed by atoms with van der Waals surface area (Å²) in [5, 5.41) is 15.1. The lowest BCUT2D eigenvalue weighted by Gasteiger charge is -2.14. The number of carbonyl (C=O) groups is 2. The lowest BCUT2D eigenvalue weighted by molar-refractivity contribution is -0.137. The Hall–Kier alpha value is -2.92. The summed E-state index contributed by atoms with van der Waals surface area (Å²) in [5.74, 6) is -1.43. The Morgan fingerprint density at radius 3 is 2.59 bits per heavy atom. The molecule has 11 heteroatoms. The molecule has 0 spiro atoms. The van der Waals surface area contributed by atoms with E-state index in [0.29, 0.717) is 0 Å². The summed E-state index contributed by atoms with van der Waals surface area (Å²) >= 11 is 0. The number of anilines is 1. The van der Waals surface area contributed by atoms with E-state index in [2.05, 4.69) is 15.1 Å². The van der Waals surface area contributed by atoms with Crippen LogP contribution in [0, 0.1) is 0 Å². The fraction of sp³-hybridized carbons (Fsp3) is 0.312. The SMILES string of the molecule is COc1ccc(C(=O)Nc2ccn(CC(=O)O)n2)cc1S(=O)(=O)NC(C)C. The zero-order valence-electron chi connectivity index (χ0n) is 15.0. The maximum absolute atomic E-state index is 12.5. The van der Waals surface area contributed by atoms with Crippen LogP contribution in [0.25, 0.3) is 0 Å². The molecule has 1 heterocycles. The third-order valence-corrected chi connectivity index (χ3v) is 4.97. The normalized spacial score (nSPS) is 11.4. The van der Waals surface area contributed by atoms with Crippen molar-refractivity contribution in [3.05, 3.63) is 36.0 Å². The van der Waals surface area contributed by atoms with Gasteiger partial charge in [-0.25, -0.2) is 13.1 Å². The zero-order chi connectivity index (χ0) is 20.2. The fourth-order valence-corrected chi connectivity index (χ4v) is 3.69. The molecule has 0 atom stereocenters. The highest BCUT2D eigenvalue weighted by Crippen LogP contribution is 2.25. The minimum atomic E-state index is -3.88. The highest BCUT2D eigenvalue weighted by Gasteiger charge is 2.22. The second-order valence-electron chi connectivity index (χ2n) is 5.89. The molecule has 1 aromatic carbocycles. The van der Waals surface area contributed by atoms with E-state index in [0.717, 1.165) is 4.68 Å². The van der Waals surface area contributed by atoms with Crippen LogP contribution < -0.4 is 14.8 Å². The number of benzene rings is 1. The van der Waals surface area contributed by atoms with Crippen LogP contribution in [0.5, 0.6) is 5.75 Å². The Labute approximate surface area is 156 Å². The lowest BCUT2D eigenvalue weighted by atomic mass is 10.2. The number of rotatable bonds is 8. The summed E-state index contributed by atoms with van der Waals surface area (Å²) in [7, 11) is -2.55. The smallest absolute Gasteiger partial charge is 0.325 e. The van der Waals surface area contributed by atoms with Gasteiger partial charge in [0.15, 0.2) is 5.82 Å². The van der Waals surface area contributed by atoms with Gasteiger partial charge < -0.3 is 15.2 Å². The van der Waals surface area contributed by atoms with Gasteiger partial charge in [0.05, 0.1) is 7.11 Å². The Morgan fingerprint density at radius 1 is 1.30 bits per heavy atom. The summed E-state index contributed by atoms with van der Waals surface area (Å²) in [5.41, 5.74) is 0.0766. The molecule has 2 rings (SSSR count). The van der Waals surface area contributed by atoms with Crippen LogP contribution in [0.3, 0.4) is 0 Å². The van der Waals surface area contributed by atoms with Crippen molar-refractivity contribution in [2.24, 2.45) is 0 Å². The number of ether oxygens (including phenoxy) is 1. The van der Waals surface area contributed by atoms with Crippen LogP contribution in [0.1, 0.15) is 24.2 Å². The van der Waals surface area contributed by atoms with Crippen LogP contribution in [-0.4, -0.2) is 48.3 Å². The van der Waals surface area contributed by atoms with Crippen LogP contribution in [0.4, 0.5) is 5.82 Å². The van der Waals surface area contributed by atoms with Gasteiger partial charge in [0, 0.05) is 23.9 Å². The summed E-state index contributed by atoms with van der Waals surface area (Å²) in [6.07, 6.45) is 1.40. The number of carbonyl (C=O) groups excluding carboxylic acids is 1. The van der Waals surface area contributed by atoms with E-state index in [-0.39, 0.29) is 34.6 Å². The third kappa shape index (κ3) is 5.28. The number of amides is 1. The predicted molar refractivity (Wildman–Crippen MR) is 96.3 cm³/mol. The van der Waals surface area contributed by atoms with Gasteiger partial charge in [-0.05, 0) is 32.0 Å². The largest absolute Gasteiger partial charge is 0.495 e. The molecule has 0 aliphatic heterocycles. The number of aliphatic carboxylic acids is 1. The van der Waals surface area contributed by atoms with Gasteiger partial charge in [0.1, 0.15) is 17.2 Å². The minimum Gasteiger partial charge on any atom is -0.495 e. The van der Waals surface area contributed by atoms with Gasteiger partial charge >= 0.3 is 5.97 Å². The van der Waals surface area contributed by atoms with E-state index in [1.54, 1.807) is 13.8 Å². The molecule has 0 aliphatic carbocycles. The van der Waals surface area contributed by atoms with Gasteiger partial charge in [0.25, 0.3) is 5.91 Å². The summed E-state index contributed by atoms with van der Waals surface area (Å²) in [6, 6.07) is 5.09. The zero-order valence-corrected chi connectivity index (χ0v) is 15.8. The fourth-order valence-electron chi connectivity index (χ4n) is 2.25. The van der Waals surface area contributed by atoms with Crippen LogP contribution >= 0.6 is 0 Å². The van der Waals surface area contributed by atoms with Gasteiger partial charge in [-0.1, -0.05) is 0 Å². The number of sulfonamides is 1. The molecule has 27 heavy (non-hydrogen) atoms. The van der Waals surface area contributed by atoms with E-state index in [4.69, 9.17) is 9.84 Å². The Bertz CT molecular complexity index is 952. The van der Waals surface area contributed by atoms with Gasteiger partial charge in [-0.2, -0.15) is 5.10 Å². The second kappa shape index (κ2) is 8.18. The second-order valence-corrected chi connectivity index (χ2v) is 7.57. The molecular formula is C16H20N4O6S.